The molecule has 3 aromatic carbocycles. The van der Waals surface area contributed by atoms with Crippen LogP contribution in [0, 0.1) is 5.92 Å². The van der Waals surface area contributed by atoms with Crippen LogP contribution >= 0.6 is 0 Å². The van der Waals surface area contributed by atoms with E-state index in [1.807, 2.05) is 78.9 Å². The number of carbonyl (C=O) groups excluding carboxylic acids is 2. The van der Waals surface area contributed by atoms with Gasteiger partial charge in [-0.05, 0) is 23.1 Å². The molecule has 3 aromatic rings. The third-order valence-electron chi connectivity index (χ3n) is 5.60. The van der Waals surface area contributed by atoms with E-state index < -0.39 is 0 Å². The second-order valence-electron chi connectivity index (χ2n) is 7.82. The Labute approximate surface area is 177 Å². The molecular weight excluding hydrogens is 372 g/mol. The van der Waals surface area contributed by atoms with Gasteiger partial charge in [0, 0.05) is 19.5 Å². The smallest absolute Gasteiger partial charge is 0.225 e. The first-order valence-corrected chi connectivity index (χ1v) is 10.4. The Morgan fingerprint density at radius 1 is 0.867 bits per heavy atom. The van der Waals surface area contributed by atoms with Crippen LogP contribution in [0.3, 0.4) is 0 Å². The average Bonchev–Trinajstić information content (AvgIpc) is 3.15. The number of hydrogen-bond acceptors (Lipinski definition) is 2. The van der Waals surface area contributed by atoms with Crippen LogP contribution in [0.5, 0.6) is 0 Å². The van der Waals surface area contributed by atoms with E-state index in [1.165, 1.54) is 5.56 Å². The molecule has 152 valence electrons. The number of carbonyl (C=O) groups is 2. The van der Waals surface area contributed by atoms with Crippen LogP contribution in [0.2, 0.25) is 0 Å². The van der Waals surface area contributed by atoms with Crippen LogP contribution in [0.1, 0.15) is 29.2 Å². The molecule has 1 aliphatic rings. The highest BCUT2D eigenvalue weighted by Crippen LogP contribution is 2.23. The summed E-state index contributed by atoms with van der Waals surface area (Å²) in [5.41, 5.74) is 3.32. The van der Waals surface area contributed by atoms with E-state index in [-0.39, 0.29) is 30.2 Å². The molecule has 1 N–H and O–H groups in total. The van der Waals surface area contributed by atoms with Crippen molar-refractivity contribution < 1.29 is 9.59 Å². The first-order chi connectivity index (χ1) is 14.7. The molecule has 0 aromatic heterocycles. The Kier molecular flexibility index (Phi) is 6.23. The van der Waals surface area contributed by atoms with Gasteiger partial charge in [-0.1, -0.05) is 91.0 Å². The largest absolute Gasteiger partial charge is 0.349 e. The van der Waals surface area contributed by atoms with E-state index in [4.69, 9.17) is 0 Å². The maximum Gasteiger partial charge on any atom is 0.225 e. The van der Waals surface area contributed by atoms with Crippen LogP contribution in [-0.4, -0.2) is 23.3 Å². The Bertz CT molecular complexity index is 974. The van der Waals surface area contributed by atoms with Crippen molar-refractivity contribution in [2.24, 2.45) is 5.92 Å². The van der Waals surface area contributed by atoms with Crippen molar-refractivity contribution in [2.45, 2.75) is 25.4 Å². The Morgan fingerprint density at radius 3 is 2.07 bits per heavy atom. The average molecular weight is 399 g/mol. The number of nitrogens with one attached hydrogen (secondary N) is 1. The normalized spacial score (nSPS) is 17.0. The lowest BCUT2D eigenvalue weighted by molar-refractivity contribution is -0.129. The summed E-state index contributed by atoms with van der Waals surface area (Å²) in [7, 11) is 0. The highest BCUT2D eigenvalue weighted by Gasteiger charge is 2.35. The van der Waals surface area contributed by atoms with Crippen molar-refractivity contribution in [3.63, 3.8) is 0 Å². The summed E-state index contributed by atoms with van der Waals surface area (Å²) in [5, 5.41) is 3.21. The summed E-state index contributed by atoms with van der Waals surface area (Å²) < 4.78 is 0. The highest BCUT2D eigenvalue weighted by atomic mass is 16.2. The van der Waals surface area contributed by atoms with Crippen molar-refractivity contribution in [1.82, 2.24) is 10.2 Å². The van der Waals surface area contributed by atoms with Gasteiger partial charge in [0.2, 0.25) is 11.8 Å². The molecule has 1 heterocycles. The molecule has 0 saturated carbocycles. The zero-order chi connectivity index (χ0) is 20.8. The van der Waals surface area contributed by atoms with Gasteiger partial charge in [0.25, 0.3) is 0 Å². The van der Waals surface area contributed by atoms with E-state index >= 15 is 0 Å². The maximum atomic E-state index is 13.1. The van der Waals surface area contributed by atoms with E-state index in [0.717, 1.165) is 11.1 Å². The number of nitrogens with zero attached hydrogens (tertiary/aromatic N) is 1. The van der Waals surface area contributed by atoms with Gasteiger partial charge < -0.3 is 10.2 Å². The van der Waals surface area contributed by atoms with Crippen molar-refractivity contribution in [2.75, 3.05) is 6.54 Å². The summed E-state index contributed by atoms with van der Waals surface area (Å²) in [5.74, 6) is -0.329. The van der Waals surface area contributed by atoms with Gasteiger partial charge >= 0.3 is 0 Å². The zero-order valence-corrected chi connectivity index (χ0v) is 16.9. The molecule has 1 aliphatic heterocycles. The molecule has 30 heavy (non-hydrogen) atoms. The van der Waals surface area contributed by atoms with Crippen LogP contribution in [0.25, 0.3) is 0 Å². The van der Waals surface area contributed by atoms with Gasteiger partial charge in [0.05, 0.1) is 12.0 Å². The summed E-state index contributed by atoms with van der Waals surface area (Å²) >= 11 is 0. The van der Waals surface area contributed by atoms with Crippen LogP contribution in [0.15, 0.2) is 91.0 Å². The van der Waals surface area contributed by atoms with Gasteiger partial charge in [0.1, 0.15) is 0 Å². The van der Waals surface area contributed by atoms with Gasteiger partial charge in [-0.3, -0.25) is 9.59 Å². The third kappa shape index (κ3) is 4.95. The van der Waals surface area contributed by atoms with Gasteiger partial charge in [-0.25, -0.2) is 0 Å². The van der Waals surface area contributed by atoms with E-state index in [9.17, 15) is 9.59 Å². The topological polar surface area (TPSA) is 49.4 Å². The fourth-order valence-corrected chi connectivity index (χ4v) is 3.98. The molecule has 1 fully saturated rings. The van der Waals surface area contributed by atoms with Gasteiger partial charge in [-0.2, -0.15) is 0 Å². The molecule has 4 heteroatoms. The standard InChI is InChI=1S/C26H26N2O2/c29-25-17-23(19-28(25)18-21-12-6-2-7-13-21)26(30)27-24(22-14-8-3-9-15-22)16-20-10-4-1-5-11-20/h1-15,23-24H,16-19H2,(H,27,30). The molecule has 4 nitrogen and oxygen atoms in total. The predicted molar refractivity (Wildman–Crippen MR) is 117 cm³/mol. The van der Waals surface area contributed by atoms with Crippen LogP contribution in [-0.2, 0) is 22.6 Å². The lowest BCUT2D eigenvalue weighted by Crippen LogP contribution is -2.36. The lowest BCUT2D eigenvalue weighted by atomic mass is 9.97. The molecule has 0 aliphatic carbocycles. The van der Waals surface area contributed by atoms with Crippen molar-refractivity contribution in [1.29, 1.82) is 0 Å². The van der Waals surface area contributed by atoms with Crippen molar-refractivity contribution in [3.8, 4) is 0 Å². The Balaban J connectivity index is 1.44. The van der Waals surface area contributed by atoms with Crippen molar-refractivity contribution in [3.05, 3.63) is 108 Å². The molecule has 0 radical (unpaired) electrons. The molecule has 1 saturated heterocycles. The first kappa shape index (κ1) is 19.9. The minimum atomic E-state index is -0.316. The van der Waals surface area contributed by atoms with Crippen LogP contribution < -0.4 is 5.32 Å². The summed E-state index contributed by atoms with van der Waals surface area (Å²) in [4.78, 5) is 27.3. The SMILES string of the molecule is O=C(NC(Cc1ccccc1)c1ccccc1)C1CC(=O)N(Cc2ccccc2)C1. The summed E-state index contributed by atoms with van der Waals surface area (Å²) in [6, 6.07) is 30.0. The molecule has 2 unspecified atom stereocenters. The second-order valence-corrected chi connectivity index (χ2v) is 7.82. The fourth-order valence-electron chi connectivity index (χ4n) is 3.98. The van der Waals surface area contributed by atoms with E-state index in [0.29, 0.717) is 19.5 Å². The van der Waals surface area contributed by atoms with Crippen LogP contribution in [0.4, 0.5) is 0 Å². The van der Waals surface area contributed by atoms with E-state index in [2.05, 4.69) is 17.4 Å². The zero-order valence-electron chi connectivity index (χ0n) is 16.9. The van der Waals surface area contributed by atoms with Gasteiger partial charge in [0.15, 0.2) is 0 Å². The Morgan fingerprint density at radius 2 is 1.43 bits per heavy atom. The molecule has 0 bridgehead atoms. The quantitative estimate of drug-likeness (QED) is 0.650. The summed E-state index contributed by atoms with van der Waals surface area (Å²) in [6.45, 7) is 1.02. The van der Waals surface area contributed by atoms with Crippen molar-refractivity contribution >= 4 is 11.8 Å². The number of amides is 2. The third-order valence-corrected chi connectivity index (χ3v) is 5.60. The monoisotopic (exact) mass is 398 g/mol. The predicted octanol–water partition coefficient (Wildman–Crippen LogP) is 4.14. The highest BCUT2D eigenvalue weighted by molar-refractivity contribution is 5.89. The molecule has 0 spiro atoms. The van der Waals surface area contributed by atoms with E-state index in [1.54, 1.807) is 4.90 Å². The molecular formula is C26H26N2O2. The number of likely N-dealkylation sites (tertiary alicyclic amines) is 1. The number of hydrogen-bond donors (Lipinski definition) is 1. The summed E-state index contributed by atoms with van der Waals surface area (Å²) in [6.07, 6.45) is 0.983. The Hall–Kier alpha value is -3.40. The number of benzene rings is 3. The minimum absolute atomic E-state index is 0.0401. The fraction of sp³-hybridized carbons (Fsp3) is 0.231. The minimum Gasteiger partial charge on any atom is -0.349 e. The number of rotatable bonds is 7. The maximum absolute atomic E-state index is 13.1. The van der Waals surface area contributed by atoms with Gasteiger partial charge in [-0.15, -0.1) is 0 Å². The molecule has 2 amide bonds. The lowest BCUT2D eigenvalue weighted by Gasteiger charge is -2.22. The first-order valence-electron chi connectivity index (χ1n) is 10.4. The second kappa shape index (κ2) is 9.40. The molecule has 4 rings (SSSR count). The molecule has 2 atom stereocenters.